The fourth-order valence-corrected chi connectivity index (χ4v) is 3.06. The minimum Gasteiger partial charge on any atom is -0.481 e. The molecule has 0 unspecified atom stereocenters. The Kier molecular flexibility index (Phi) is 4.65. The normalized spacial score (nSPS) is 16.2. The number of carboxylic acid groups (broad SMARTS) is 1. The Balaban J connectivity index is 2.20. The lowest BCUT2D eigenvalue weighted by Crippen LogP contribution is -2.47. The second-order valence-electron chi connectivity index (χ2n) is 5.43. The van der Waals surface area contributed by atoms with Crippen molar-refractivity contribution in [2.45, 2.75) is 37.6 Å². The molecule has 0 saturated heterocycles. The molecule has 1 aromatic rings. The summed E-state index contributed by atoms with van der Waals surface area (Å²) in [4.78, 5) is 33.4. The predicted octanol–water partition coefficient (Wildman–Crippen LogP) is 2.77. The number of rotatable bonds is 5. The van der Waals surface area contributed by atoms with Crippen LogP contribution in [0.3, 0.4) is 0 Å². The molecule has 1 saturated carbocycles. The quantitative estimate of drug-likeness (QED) is 0.638. The van der Waals surface area contributed by atoms with Crippen LogP contribution in [0.5, 0.6) is 0 Å². The maximum atomic E-state index is 12.3. The van der Waals surface area contributed by atoms with Gasteiger partial charge < -0.3 is 10.4 Å². The molecular formula is C14H15ClN2O5. The van der Waals surface area contributed by atoms with Gasteiger partial charge >= 0.3 is 5.97 Å². The molecule has 1 amide bonds. The Labute approximate surface area is 131 Å². The number of nitro groups is 1. The Hall–Kier alpha value is -2.15. The molecule has 0 aliphatic heterocycles. The summed E-state index contributed by atoms with van der Waals surface area (Å²) in [5.74, 6) is -1.49. The van der Waals surface area contributed by atoms with E-state index in [0.717, 1.165) is 18.9 Å². The van der Waals surface area contributed by atoms with E-state index in [9.17, 15) is 19.7 Å². The maximum Gasteiger partial charge on any atom is 0.305 e. The van der Waals surface area contributed by atoms with Gasteiger partial charge in [-0.1, -0.05) is 24.4 Å². The van der Waals surface area contributed by atoms with Crippen LogP contribution < -0.4 is 5.32 Å². The van der Waals surface area contributed by atoms with Crippen molar-refractivity contribution >= 4 is 29.2 Å². The number of nitrogens with zero attached hydrogens (tertiary/aromatic N) is 1. The summed E-state index contributed by atoms with van der Waals surface area (Å²) in [7, 11) is 0. The zero-order valence-electron chi connectivity index (χ0n) is 11.7. The third kappa shape index (κ3) is 3.54. The van der Waals surface area contributed by atoms with Gasteiger partial charge in [-0.3, -0.25) is 19.7 Å². The highest BCUT2D eigenvalue weighted by Gasteiger charge is 2.38. The summed E-state index contributed by atoms with van der Waals surface area (Å²) in [6.45, 7) is 0. The lowest BCUT2D eigenvalue weighted by atomic mass is 9.92. The Morgan fingerprint density at radius 3 is 2.50 bits per heavy atom. The number of benzene rings is 1. The zero-order valence-corrected chi connectivity index (χ0v) is 12.4. The van der Waals surface area contributed by atoms with Crippen LogP contribution in [0.25, 0.3) is 0 Å². The van der Waals surface area contributed by atoms with Gasteiger partial charge in [-0.15, -0.1) is 0 Å². The van der Waals surface area contributed by atoms with Crippen LogP contribution in [-0.2, 0) is 4.79 Å². The summed E-state index contributed by atoms with van der Waals surface area (Å²) < 4.78 is 0. The number of carbonyl (C=O) groups is 2. The highest BCUT2D eigenvalue weighted by molar-refractivity contribution is 6.34. The van der Waals surface area contributed by atoms with Crippen molar-refractivity contribution in [2.24, 2.45) is 0 Å². The molecule has 0 aromatic heterocycles. The van der Waals surface area contributed by atoms with Gasteiger partial charge in [0, 0.05) is 12.1 Å². The van der Waals surface area contributed by atoms with Crippen LogP contribution in [-0.4, -0.2) is 27.4 Å². The molecule has 1 aliphatic carbocycles. The van der Waals surface area contributed by atoms with E-state index in [1.54, 1.807) is 0 Å². The van der Waals surface area contributed by atoms with Crippen molar-refractivity contribution in [2.75, 3.05) is 0 Å². The molecule has 0 heterocycles. The molecule has 8 heteroatoms. The van der Waals surface area contributed by atoms with E-state index >= 15 is 0 Å². The first-order valence-corrected chi connectivity index (χ1v) is 7.19. The van der Waals surface area contributed by atoms with Gasteiger partial charge in [0.2, 0.25) is 0 Å². The van der Waals surface area contributed by atoms with Gasteiger partial charge in [-0.2, -0.15) is 0 Å². The Morgan fingerprint density at radius 1 is 1.36 bits per heavy atom. The SMILES string of the molecule is O=C(O)CC1(NC(=O)c2ccc([N+](=O)[O-])cc2Cl)CCCC1. The number of aliphatic carboxylic acids is 1. The molecule has 0 radical (unpaired) electrons. The average Bonchev–Trinajstić information content (AvgIpc) is 2.85. The average molecular weight is 327 g/mol. The molecule has 0 spiro atoms. The van der Waals surface area contributed by atoms with E-state index in [1.165, 1.54) is 12.1 Å². The van der Waals surface area contributed by atoms with Gasteiger partial charge in [0.1, 0.15) is 0 Å². The van der Waals surface area contributed by atoms with E-state index in [2.05, 4.69) is 5.32 Å². The number of carboxylic acids is 1. The number of non-ortho nitro benzene ring substituents is 1. The highest BCUT2D eigenvalue weighted by atomic mass is 35.5. The smallest absolute Gasteiger partial charge is 0.305 e. The van der Waals surface area contributed by atoms with Crippen molar-refractivity contribution in [1.82, 2.24) is 5.32 Å². The number of hydrogen-bond acceptors (Lipinski definition) is 4. The lowest BCUT2D eigenvalue weighted by molar-refractivity contribution is -0.384. The molecule has 118 valence electrons. The first-order valence-electron chi connectivity index (χ1n) is 6.81. The van der Waals surface area contributed by atoms with Crippen LogP contribution in [0, 0.1) is 10.1 Å². The summed E-state index contributed by atoms with van der Waals surface area (Å²) in [5, 5.41) is 22.4. The lowest BCUT2D eigenvalue weighted by Gasteiger charge is -2.28. The van der Waals surface area contributed by atoms with Crippen molar-refractivity contribution in [3.8, 4) is 0 Å². The number of nitro benzene ring substituents is 1. The second kappa shape index (κ2) is 6.31. The number of amides is 1. The van der Waals surface area contributed by atoms with E-state index < -0.39 is 22.3 Å². The molecule has 0 atom stereocenters. The predicted molar refractivity (Wildman–Crippen MR) is 79.0 cm³/mol. The van der Waals surface area contributed by atoms with Crippen molar-refractivity contribution in [3.05, 3.63) is 38.9 Å². The minimum absolute atomic E-state index is 0.0322. The van der Waals surface area contributed by atoms with E-state index in [4.69, 9.17) is 16.7 Å². The topological polar surface area (TPSA) is 110 Å². The summed E-state index contributed by atoms with van der Waals surface area (Å²) in [6, 6.07) is 3.58. The minimum atomic E-state index is -0.975. The molecule has 1 aromatic carbocycles. The molecular weight excluding hydrogens is 312 g/mol. The van der Waals surface area contributed by atoms with Crippen LogP contribution in [0.15, 0.2) is 18.2 Å². The van der Waals surface area contributed by atoms with Gasteiger partial charge in [0.05, 0.1) is 27.5 Å². The largest absolute Gasteiger partial charge is 0.481 e. The van der Waals surface area contributed by atoms with Gasteiger partial charge in [-0.05, 0) is 18.9 Å². The highest BCUT2D eigenvalue weighted by Crippen LogP contribution is 2.33. The molecule has 7 nitrogen and oxygen atoms in total. The van der Waals surface area contributed by atoms with Gasteiger partial charge in [0.15, 0.2) is 0 Å². The molecule has 1 fully saturated rings. The van der Waals surface area contributed by atoms with Gasteiger partial charge in [0.25, 0.3) is 11.6 Å². The van der Waals surface area contributed by atoms with Crippen LogP contribution in [0.4, 0.5) is 5.69 Å². The van der Waals surface area contributed by atoms with Crippen molar-refractivity contribution < 1.29 is 19.6 Å². The standard InChI is InChI=1S/C14H15ClN2O5/c15-11-7-9(17(21)22)3-4-10(11)13(20)16-14(8-12(18)19)5-1-2-6-14/h3-4,7H,1-2,5-6,8H2,(H,16,20)(H,18,19). The Morgan fingerprint density at radius 2 is 2.00 bits per heavy atom. The number of hydrogen-bond donors (Lipinski definition) is 2. The summed E-state index contributed by atoms with van der Waals surface area (Å²) >= 11 is 5.92. The number of halogens is 1. The van der Waals surface area contributed by atoms with E-state index in [0.29, 0.717) is 12.8 Å². The van der Waals surface area contributed by atoms with Crippen LogP contribution >= 0.6 is 11.6 Å². The fraction of sp³-hybridized carbons (Fsp3) is 0.429. The van der Waals surface area contributed by atoms with Crippen molar-refractivity contribution in [3.63, 3.8) is 0 Å². The number of nitrogens with one attached hydrogen (secondary N) is 1. The molecule has 22 heavy (non-hydrogen) atoms. The molecule has 1 aliphatic rings. The third-order valence-corrected chi connectivity index (χ3v) is 4.15. The second-order valence-corrected chi connectivity index (χ2v) is 5.84. The van der Waals surface area contributed by atoms with E-state index in [-0.39, 0.29) is 22.7 Å². The Bertz CT molecular complexity index is 626. The van der Waals surface area contributed by atoms with E-state index in [1.807, 2.05) is 0 Å². The summed E-state index contributed by atoms with van der Waals surface area (Å²) in [6.07, 6.45) is 2.73. The maximum absolute atomic E-state index is 12.3. The third-order valence-electron chi connectivity index (χ3n) is 3.84. The van der Waals surface area contributed by atoms with Crippen molar-refractivity contribution in [1.29, 1.82) is 0 Å². The van der Waals surface area contributed by atoms with Crippen LogP contribution in [0.2, 0.25) is 5.02 Å². The zero-order chi connectivity index (χ0) is 16.3. The molecule has 2 rings (SSSR count). The summed E-state index contributed by atoms with van der Waals surface area (Å²) in [5.41, 5.74) is -0.875. The molecule has 2 N–H and O–H groups in total. The first-order chi connectivity index (χ1) is 10.3. The monoisotopic (exact) mass is 326 g/mol. The van der Waals surface area contributed by atoms with Crippen LogP contribution in [0.1, 0.15) is 42.5 Å². The first kappa shape index (κ1) is 16.2. The number of carbonyl (C=O) groups excluding carboxylic acids is 1. The molecule has 0 bridgehead atoms. The van der Waals surface area contributed by atoms with Gasteiger partial charge in [-0.25, -0.2) is 0 Å². The fourth-order valence-electron chi connectivity index (χ4n) is 2.80.